The normalized spacial score (nSPS) is 11.8. The highest BCUT2D eigenvalue weighted by molar-refractivity contribution is 6.25. The van der Waals surface area contributed by atoms with Crippen LogP contribution >= 0.6 is 0 Å². The van der Waals surface area contributed by atoms with Gasteiger partial charge in [0.2, 0.25) is 0 Å². The zero-order valence-electron chi connectivity index (χ0n) is 22.5. The van der Waals surface area contributed by atoms with Gasteiger partial charge in [0, 0.05) is 39.9 Å². The maximum Gasteiger partial charge on any atom is 0.159 e. The van der Waals surface area contributed by atoms with Crippen molar-refractivity contribution >= 4 is 54.1 Å². The average molecular weight is 535 g/mol. The minimum Gasteiger partial charge on any atom is -0.245 e. The van der Waals surface area contributed by atoms with E-state index in [-0.39, 0.29) is 0 Å². The van der Waals surface area contributed by atoms with Gasteiger partial charge in [-0.1, -0.05) is 103 Å². The lowest BCUT2D eigenvalue weighted by Gasteiger charge is -2.14. The topological polar surface area (TPSA) is 51.6 Å². The molecule has 0 radical (unpaired) electrons. The van der Waals surface area contributed by atoms with E-state index in [0.717, 1.165) is 49.9 Å². The number of fused-ring (bicyclic) bond motifs is 3. The summed E-state index contributed by atoms with van der Waals surface area (Å²) in [6.45, 7) is 0. The Morgan fingerprint density at radius 1 is 0.381 bits per heavy atom. The molecule has 42 heavy (non-hydrogen) atoms. The van der Waals surface area contributed by atoms with E-state index in [2.05, 4.69) is 113 Å². The minimum absolute atomic E-state index is 0.713. The van der Waals surface area contributed by atoms with Crippen LogP contribution in [0.5, 0.6) is 0 Å². The molecular weight excluding hydrogens is 512 g/mol. The van der Waals surface area contributed by atoms with Crippen LogP contribution in [0.15, 0.2) is 134 Å². The van der Waals surface area contributed by atoms with Gasteiger partial charge >= 0.3 is 0 Å². The van der Waals surface area contributed by atoms with Gasteiger partial charge < -0.3 is 0 Å². The van der Waals surface area contributed by atoms with Gasteiger partial charge in [-0.2, -0.15) is 0 Å². The Hall–Kier alpha value is -5.74. The van der Waals surface area contributed by atoms with Crippen molar-refractivity contribution < 1.29 is 0 Å². The monoisotopic (exact) mass is 534 g/mol. The molecule has 3 aromatic heterocycles. The lowest BCUT2D eigenvalue weighted by Crippen LogP contribution is -1.92. The first-order valence-corrected chi connectivity index (χ1v) is 14.1. The van der Waals surface area contributed by atoms with Crippen molar-refractivity contribution in [1.29, 1.82) is 0 Å². The minimum atomic E-state index is 0.713. The zero-order valence-corrected chi connectivity index (χ0v) is 22.5. The van der Waals surface area contributed by atoms with Crippen molar-refractivity contribution in [3.8, 4) is 33.9 Å². The van der Waals surface area contributed by atoms with Crippen molar-refractivity contribution in [3.05, 3.63) is 134 Å². The van der Waals surface area contributed by atoms with Gasteiger partial charge in [0.15, 0.2) is 5.82 Å². The van der Waals surface area contributed by atoms with Crippen LogP contribution in [0.4, 0.5) is 0 Å². The van der Waals surface area contributed by atoms with Crippen molar-refractivity contribution in [2.45, 2.75) is 0 Å². The first-order chi connectivity index (χ1) is 20.8. The summed E-state index contributed by atoms with van der Waals surface area (Å²) in [4.78, 5) is 19.1. The molecule has 6 aromatic carbocycles. The maximum atomic E-state index is 5.27. The largest absolute Gasteiger partial charge is 0.245 e. The van der Waals surface area contributed by atoms with Crippen LogP contribution in [0.2, 0.25) is 0 Å². The van der Waals surface area contributed by atoms with E-state index in [4.69, 9.17) is 9.97 Å². The number of hydrogen-bond acceptors (Lipinski definition) is 4. The number of aromatic nitrogens is 4. The third-order valence-corrected chi connectivity index (χ3v) is 8.33. The molecule has 0 fully saturated rings. The van der Waals surface area contributed by atoms with E-state index in [9.17, 15) is 0 Å². The lowest BCUT2D eigenvalue weighted by molar-refractivity contribution is 1.18. The van der Waals surface area contributed by atoms with Gasteiger partial charge in [0.25, 0.3) is 0 Å². The third kappa shape index (κ3) is 3.49. The van der Waals surface area contributed by atoms with Crippen LogP contribution in [0, 0.1) is 0 Å². The SMILES string of the molecule is c1cnc(-c2ccc(-c3ccc4ccc5ccc(-c6ccc7ccc8cccc9ccc6c7c89)nc5c4n3)cc2)nc1. The molecule has 0 unspecified atom stereocenters. The van der Waals surface area contributed by atoms with Gasteiger partial charge in [-0.3, -0.25) is 0 Å². The Bertz CT molecular complexity index is 2430. The quantitative estimate of drug-likeness (QED) is 0.212. The zero-order chi connectivity index (χ0) is 27.6. The molecular formula is C38H22N4. The summed E-state index contributed by atoms with van der Waals surface area (Å²) < 4.78 is 0. The van der Waals surface area contributed by atoms with Crippen LogP contribution in [0.25, 0.3) is 88.0 Å². The fourth-order valence-corrected chi connectivity index (χ4v) is 6.28. The van der Waals surface area contributed by atoms with Crippen molar-refractivity contribution in [2.24, 2.45) is 0 Å². The highest BCUT2D eigenvalue weighted by Crippen LogP contribution is 2.39. The predicted molar refractivity (Wildman–Crippen MR) is 173 cm³/mol. The summed E-state index contributed by atoms with van der Waals surface area (Å²) in [5.74, 6) is 0.713. The summed E-state index contributed by atoms with van der Waals surface area (Å²) >= 11 is 0. The molecule has 0 amide bonds. The predicted octanol–water partition coefficient (Wildman–Crippen LogP) is 9.47. The molecule has 3 heterocycles. The van der Waals surface area contributed by atoms with Crippen molar-refractivity contribution in [1.82, 2.24) is 19.9 Å². The Kier molecular flexibility index (Phi) is 4.87. The van der Waals surface area contributed by atoms with E-state index < -0.39 is 0 Å². The van der Waals surface area contributed by atoms with Crippen molar-refractivity contribution in [3.63, 3.8) is 0 Å². The summed E-state index contributed by atoms with van der Waals surface area (Å²) in [5, 5.41) is 9.76. The van der Waals surface area contributed by atoms with Crippen molar-refractivity contribution in [2.75, 3.05) is 0 Å². The lowest BCUT2D eigenvalue weighted by atomic mass is 9.91. The Morgan fingerprint density at radius 3 is 1.67 bits per heavy atom. The second-order valence-corrected chi connectivity index (χ2v) is 10.7. The summed E-state index contributed by atoms with van der Waals surface area (Å²) in [6.07, 6.45) is 3.52. The van der Waals surface area contributed by atoms with E-state index in [1.165, 1.54) is 32.3 Å². The maximum absolute atomic E-state index is 5.27. The fraction of sp³-hybridized carbons (Fsp3) is 0. The van der Waals surface area contributed by atoms with E-state index in [1.54, 1.807) is 12.4 Å². The smallest absolute Gasteiger partial charge is 0.159 e. The number of pyridine rings is 2. The molecule has 0 aliphatic carbocycles. The molecule has 0 aliphatic heterocycles. The summed E-state index contributed by atoms with van der Waals surface area (Å²) in [6, 6.07) is 42.7. The number of nitrogens with zero attached hydrogens (tertiary/aromatic N) is 4. The van der Waals surface area contributed by atoms with E-state index >= 15 is 0 Å². The highest BCUT2D eigenvalue weighted by atomic mass is 14.8. The summed E-state index contributed by atoms with van der Waals surface area (Å²) in [5.41, 5.74) is 6.82. The average Bonchev–Trinajstić information content (AvgIpc) is 3.07. The van der Waals surface area contributed by atoms with Crippen LogP contribution < -0.4 is 0 Å². The molecule has 0 saturated heterocycles. The first kappa shape index (κ1) is 23.0. The van der Waals surface area contributed by atoms with Gasteiger partial charge in [-0.25, -0.2) is 19.9 Å². The molecule has 0 N–H and O–H groups in total. The van der Waals surface area contributed by atoms with Crippen LogP contribution in [0.3, 0.4) is 0 Å². The molecule has 0 atom stereocenters. The molecule has 9 rings (SSSR count). The molecule has 0 aliphatic rings. The molecule has 0 saturated carbocycles. The summed E-state index contributed by atoms with van der Waals surface area (Å²) in [7, 11) is 0. The number of hydrogen-bond donors (Lipinski definition) is 0. The van der Waals surface area contributed by atoms with Gasteiger partial charge in [-0.05, 0) is 50.5 Å². The fourth-order valence-electron chi connectivity index (χ4n) is 6.28. The van der Waals surface area contributed by atoms with Crippen LogP contribution in [0.1, 0.15) is 0 Å². The molecule has 194 valence electrons. The first-order valence-electron chi connectivity index (χ1n) is 14.1. The van der Waals surface area contributed by atoms with Gasteiger partial charge in [-0.15, -0.1) is 0 Å². The van der Waals surface area contributed by atoms with Gasteiger partial charge in [0.1, 0.15) is 0 Å². The molecule has 0 bridgehead atoms. The Morgan fingerprint density at radius 2 is 0.929 bits per heavy atom. The molecule has 0 spiro atoms. The Labute approximate surface area is 241 Å². The van der Waals surface area contributed by atoms with E-state index in [0.29, 0.717) is 5.82 Å². The Balaban J connectivity index is 1.21. The molecule has 4 nitrogen and oxygen atoms in total. The highest BCUT2D eigenvalue weighted by Gasteiger charge is 2.14. The number of rotatable bonds is 3. The molecule has 9 aromatic rings. The van der Waals surface area contributed by atoms with E-state index in [1.807, 2.05) is 18.2 Å². The molecule has 4 heteroatoms. The van der Waals surface area contributed by atoms with Crippen LogP contribution in [-0.2, 0) is 0 Å². The second kappa shape index (κ2) is 8.88. The van der Waals surface area contributed by atoms with Gasteiger partial charge in [0.05, 0.1) is 22.4 Å². The second-order valence-electron chi connectivity index (χ2n) is 10.7. The van der Waals surface area contributed by atoms with Crippen LogP contribution in [-0.4, -0.2) is 19.9 Å². The third-order valence-electron chi connectivity index (χ3n) is 8.33. The standard InChI is InChI=1S/C38H22N4/c1-3-24-7-8-26-13-17-30(31-18-14-25(4-1)34(24)35(26)31)33-20-16-28-10-9-27-15-19-32(41-36(27)37(28)42-33)23-5-11-29(12-6-23)38-39-21-2-22-40-38/h1-22H. The number of benzene rings is 6.